The Balaban J connectivity index is 0.000000562. The van der Waals surface area contributed by atoms with Crippen molar-refractivity contribution in [3.8, 4) is 0 Å². The molecule has 32 heavy (non-hydrogen) atoms. The molecule has 2 aromatic rings. The molecule has 9 nitrogen and oxygen atoms in total. The van der Waals surface area contributed by atoms with Crippen molar-refractivity contribution in [2.45, 2.75) is 18.5 Å². The molecule has 2 aliphatic heterocycles. The van der Waals surface area contributed by atoms with Crippen LogP contribution < -0.4 is 75.1 Å². The van der Waals surface area contributed by atoms with E-state index in [2.05, 4.69) is 21.4 Å². The monoisotopic (exact) mass is 489 g/mol. The van der Waals surface area contributed by atoms with Gasteiger partial charge >= 0.3 is 69.7 Å². The van der Waals surface area contributed by atoms with Crippen LogP contribution in [0.2, 0.25) is 0 Å². The number of fused-ring (bicyclic) bond motifs is 4. The van der Waals surface area contributed by atoms with Crippen LogP contribution in [-0.4, -0.2) is 37.7 Å². The van der Waals surface area contributed by atoms with Crippen LogP contribution in [0.5, 0.6) is 0 Å². The average Bonchev–Trinajstić information content (AvgIpc) is 2.67. The first-order chi connectivity index (χ1) is 14.2. The maximum Gasteiger partial charge on any atom is 1.00 e. The minimum absolute atomic E-state index is 0. The van der Waals surface area contributed by atoms with E-state index in [1.165, 1.54) is 17.7 Å². The molecule has 2 atom stereocenters. The van der Waals surface area contributed by atoms with Gasteiger partial charge in [0.2, 0.25) is 0 Å². The zero-order valence-corrected chi connectivity index (χ0v) is 22.8. The normalized spacial score (nSPS) is 19.0. The molecule has 0 saturated carbocycles. The fourth-order valence-corrected chi connectivity index (χ4v) is 4.07. The molecule has 0 fully saturated rings. The van der Waals surface area contributed by atoms with Gasteiger partial charge in [-0.3, -0.25) is 9.98 Å². The van der Waals surface area contributed by atoms with Crippen LogP contribution in [0.15, 0.2) is 63.4 Å². The van der Waals surface area contributed by atoms with Crippen LogP contribution >= 0.6 is 0 Å². The first-order valence-corrected chi connectivity index (χ1v) is 11.1. The largest absolute Gasteiger partial charge is 1.00 e. The van der Waals surface area contributed by atoms with Gasteiger partial charge in [0.15, 0.2) is 0 Å². The number of allylic oxidation sites excluding steroid dienone is 1. The molecule has 0 saturated heterocycles. The number of rotatable bonds is 1. The van der Waals surface area contributed by atoms with Crippen LogP contribution in [0.3, 0.4) is 0 Å². The molecule has 0 aromatic heterocycles. The van der Waals surface area contributed by atoms with Crippen molar-refractivity contribution in [3.63, 3.8) is 0 Å². The second-order valence-corrected chi connectivity index (χ2v) is 8.50. The SMILES string of the molecule is O=S(=O)([O-])C1=CC2N=c3cc4c(cc3=NC2C=C1)Nc1c[c-]ccc1C4.O=S(=O)=O.[Na+].[Na+]. The number of nitrogens with one attached hydrogen (secondary N) is 1. The molecule has 5 rings (SSSR count). The van der Waals surface area contributed by atoms with E-state index in [0.29, 0.717) is 5.36 Å². The summed E-state index contributed by atoms with van der Waals surface area (Å²) >= 11 is 0. The Morgan fingerprint density at radius 2 is 1.69 bits per heavy atom. The van der Waals surface area contributed by atoms with Gasteiger partial charge in [0.25, 0.3) is 0 Å². The van der Waals surface area contributed by atoms with Crippen LogP contribution in [0.4, 0.5) is 11.4 Å². The maximum absolute atomic E-state index is 11.3. The molecular weight excluding hydrogens is 476 g/mol. The average molecular weight is 489 g/mol. The third-order valence-electron chi connectivity index (χ3n) is 4.81. The molecule has 2 aromatic carbocycles. The molecule has 3 aliphatic rings. The fraction of sp³-hybridized carbons (Fsp3) is 0.158. The van der Waals surface area contributed by atoms with E-state index in [0.717, 1.165) is 28.7 Å². The second-order valence-electron chi connectivity index (χ2n) is 6.71. The Bertz CT molecular complexity index is 1450. The van der Waals surface area contributed by atoms with Crippen molar-refractivity contribution in [1.29, 1.82) is 0 Å². The van der Waals surface area contributed by atoms with Crippen LogP contribution in [-0.2, 0) is 27.1 Å². The Kier molecular flexibility index (Phi) is 9.19. The molecule has 0 radical (unpaired) electrons. The minimum Gasteiger partial charge on any atom is -0.744 e. The summed E-state index contributed by atoms with van der Waals surface area (Å²) in [6.45, 7) is 0. The van der Waals surface area contributed by atoms with Gasteiger partial charge in [0, 0.05) is 5.69 Å². The summed E-state index contributed by atoms with van der Waals surface area (Å²) in [5.41, 5.74) is 4.32. The minimum atomic E-state index is -4.49. The predicted octanol–water partition coefficient (Wildman–Crippen LogP) is -5.87. The summed E-state index contributed by atoms with van der Waals surface area (Å²) in [5.74, 6) is 0. The van der Waals surface area contributed by atoms with E-state index in [-0.39, 0.29) is 70.1 Å². The summed E-state index contributed by atoms with van der Waals surface area (Å²) in [5, 5.41) is 4.88. The summed E-state index contributed by atoms with van der Waals surface area (Å²) in [7, 11) is -7.60. The molecule has 0 amide bonds. The molecular formula is C19H13N3Na2O6S2. The van der Waals surface area contributed by atoms with Crippen molar-refractivity contribution >= 4 is 32.1 Å². The number of anilines is 2. The number of hydrogen-bond acceptors (Lipinski definition) is 9. The van der Waals surface area contributed by atoms with E-state index in [4.69, 9.17) is 12.6 Å². The topological polar surface area (TPSA) is 145 Å². The third kappa shape index (κ3) is 6.04. The number of nitrogens with zero attached hydrogens (tertiary/aromatic N) is 2. The van der Waals surface area contributed by atoms with Crippen LogP contribution in [0.25, 0.3) is 0 Å². The van der Waals surface area contributed by atoms with Crippen molar-refractivity contribution in [1.82, 2.24) is 0 Å². The summed E-state index contributed by atoms with van der Waals surface area (Å²) < 4.78 is 59.1. The molecule has 2 unspecified atom stereocenters. The van der Waals surface area contributed by atoms with E-state index < -0.39 is 26.8 Å². The first kappa shape index (κ1) is 27.1. The summed E-state index contributed by atoms with van der Waals surface area (Å²) in [6.07, 6.45) is 5.11. The standard InChI is InChI=1S/C19H14N3O3S.2Na.O3S/c23-26(24,25)13-5-6-15-18(9-13)22-17-8-12-7-11-3-1-2-4-14(11)20-16(12)10-19(17)21-15;;;1-4(2)3/h1,3-6,8-10,15,18,20H,7H2,(H,23,24,25);;;/q-1;2*+1;/p-1. The van der Waals surface area contributed by atoms with Crippen molar-refractivity contribution < 1.29 is 84.7 Å². The van der Waals surface area contributed by atoms with Gasteiger partial charge in [0.05, 0.1) is 27.7 Å². The Labute approximate surface area is 229 Å². The van der Waals surface area contributed by atoms with Crippen molar-refractivity contribution in [2.75, 3.05) is 5.32 Å². The van der Waals surface area contributed by atoms with Gasteiger partial charge < -0.3 is 9.87 Å². The van der Waals surface area contributed by atoms with E-state index >= 15 is 0 Å². The molecule has 0 bridgehead atoms. The van der Waals surface area contributed by atoms with E-state index in [1.54, 1.807) is 6.08 Å². The molecule has 1 aliphatic carbocycles. The Morgan fingerprint density at radius 1 is 1.03 bits per heavy atom. The quantitative estimate of drug-likeness (QED) is 0.204. The predicted molar refractivity (Wildman–Crippen MR) is 104 cm³/mol. The van der Waals surface area contributed by atoms with E-state index in [1.807, 2.05) is 30.3 Å². The number of hydrogen-bond donors (Lipinski definition) is 1. The second kappa shape index (κ2) is 10.9. The van der Waals surface area contributed by atoms with Crippen molar-refractivity contribution in [3.05, 3.63) is 81.4 Å². The number of benzene rings is 2. The van der Waals surface area contributed by atoms with Crippen LogP contribution in [0, 0.1) is 6.07 Å². The van der Waals surface area contributed by atoms with Crippen molar-refractivity contribution in [2.24, 2.45) is 9.98 Å². The van der Waals surface area contributed by atoms with Gasteiger partial charge in [-0.15, -0.1) is 18.2 Å². The molecule has 154 valence electrons. The zero-order valence-electron chi connectivity index (χ0n) is 17.1. The summed E-state index contributed by atoms with van der Waals surface area (Å²) in [6, 6.07) is 12.1. The van der Waals surface area contributed by atoms with E-state index in [9.17, 15) is 13.0 Å². The molecule has 2 heterocycles. The Hall–Kier alpha value is -1.15. The maximum atomic E-state index is 11.3. The molecule has 13 heteroatoms. The summed E-state index contributed by atoms with van der Waals surface area (Å²) in [4.78, 5) is 9.07. The smallest absolute Gasteiger partial charge is 0.744 e. The fourth-order valence-electron chi connectivity index (χ4n) is 3.52. The van der Waals surface area contributed by atoms with Gasteiger partial charge in [-0.1, -0.05) is 11.8 Å². The third-order valence-corrected chi connectivity index (χ3v) is 5.66. The Morgan fingerprint density at radius 3 is 2.38 bits per heavy atom. The molecule has 0 spiro atoms. The van der Waals surface area contributed by atoms with Gasteiger partial charge in [-0.05, 0) is 36.3 Å². The van der Waals surface area contributed by atoms with Gasteiger partial charge in [-0.25, -0.2) is 8.42 Å². The first-order valence-electron chi connectivity index (χ1n) is 8.68. The molecule has 1 N–H and O–H groups in total. The zero-order chi connectivity index (χ0) is 21.5. The van der Waals surface area contributed by atoms with Gasteiger partial charge in [-0.2, -0.15) is 24.3 Å². The van der Waals surface area contributed by atoms with Gasteiger partial charge in [0.1, 0.15) is 10.1 Å². The van der Waals surface area contributed by atoms with Crippen LogP contribution in [0.1, 0.15) is 11.1 Å².